The van der Waals surface area contributed by atoms with E-state index in [2.05, 4.69) is 25.9 Å². The van der Waals surface area contributed by atoms with Gasteiger partial charge in [0.2, 0.25) is 0 Å². The van der Waals surface area contributed by atoms with Crippen LogP contribution in [-0.4, -0.2) is 40.1 Å². The van der Waals surface area contributed by atoms with Crippen LogP contribution in [0.4, 0.5) is 5.13 Å². The van der Waals surface area contributed by atoms with Crippen molar-refractivity contribution in [2.75, 3.05) is 18.1 Å². The van der Waals surface area contributed by atoms with Gasteiger partial charge in [-0.2, -0.15) is 0 Å². The number of halogens is 1. The molecule has 1 aliphatic rings. The third kappa shape index (κ3) is 4.29. The molecule has 6 nitrogen and oxygen atoms in total. The molecule has 1 aromatic carbocycles. The Bertz CT molecular complexity index is 953. The Morgan fingerprint density at radius 3 is 2.79 bits per heavy atom. The second-order valence-corrected chi connectivity index (χ2v) is 8.37. The van der Waals surface area contributed by atoms with Crippen LogP contribution in [-0.2, 0) is 4.74 Å². The number of amides is 1. The summed E-state index contributed by atoms with van der Waals surface area (Å²) < 4.78 is 6.77. The molecular formula is C20H19BrN4O2S. The predicted molar refractivity (Wildman–Crippen MR) is 113 cm³/mol. The van der Waals surface area contributed by atoms with E-state index in [0.717, 1.165) is 40.9 Å². The highest BCUT2D eigenvalue weighted by molar-refractivity contribution is 9.10. The summed E-state index contributed by atoms with van der Waals surface area (Å²) in [6, 6.07) is 7.96. The summed E-state index contributed by atoms with van der Waals surface area (Å²) in [5.41, 5.74) is 2.93. The van der Waals surface area contributed by atoms with Crippen LogP contribution >= 0.6 is 27.3 Å². The Labute approximate surface area is 175 Å². The maximum atomic E-state index is 13.2. The van der Waals surface area contributed by atoms with Crippen LogP contribution in [0.3, 0.4) is 0 Å². The predicted octanol–water partition coefficient (Wildman–Crippen LogP) is 4.50. The lowest BCUT2D eigenvalue weighted by Crippen LogP contribution is -2.38. The normalized spacial score (nSPS) is 16.3. The molecule has 0 unspecified atom stereocenters. The minimum Gasteiger partial charge on any atom is -0.376 e. The molecule has 4 rings (SSSR count). The van der Waals surface area contributed by atoms with Gasteiger partial charge in [0.15, 0.2) is 5.13 Å². The summed E-state index contributed by atoms with van der Waals surface area (Å²) in [5, 5.41) is 2.61. The van der Waals surface area contributed by atoms with Gasteiger partial charge in [-0.3, -0.25) is 14.7 Å². The van der Waals surface area contributed by atoms with Crippen molar-refractivity contribution in [3.8, 4) is 11.3 Å². The van der Waals surface area contributed by atoms with Crippen molar-refractivity contribution in [1.82, 2.24) is 15.0 Å². The van der Waals surface area contributed by atoms with Crippen LogP contribution in [0.15, 0.2) is 46.5 Å². The first-order valence-corrected chi connectivity index (χ1v) is 10.7. The largest absolute Gasteiger partial charge is 0.376 e. The first-order valence-electron chi connectivity index (χ1n) is 9.04. The molecule has 0 saturated carbocycles. The molecule has 1 fully saturated rings. The Balaban J connectivity index is 1.64. The van der Waals surface area contributed by atoms with Gasteiger partial charge in [-0.05, 0) is 31.9 Å². The van der Waals surface area contributed by atoms with E-state index in [1.807, 2.05) is 36.6 Å². The van der Waals surface area contributed by atoms with Crippen LogP contribution in [0.5, 0.6) is 0 Å². The van der Waals surface area contributed by atoms with E-state index in [1.54, 1.807) is 11.1 Å². The minimum atomic E-state index is -0.209. The van der Waals surface area contributed by atoms with Gasteiger partial charge in [0.05, 0.1) is 30.2 Å². The maximum absolute atomic E-state index is 13.2. The van der Waals surface area contributed by atoms with Crippen LogP contribution in [0, 0.1) is 6.92 Å². The van der Waals surface area contributed by atoms with Gasteiger partial charge in [0, 0.05) is 28.2 Å². The molecule has 1 atom stereocenters. The molecule has 3 heterocycles. The summed E-state index contributed by atoms with van der Waals surface area (Å²) in [6.45, 7) is 3.04. The number of hydrogen-bond donors (Lipinski definition) is 0. The first kappa shape index (κ1) is 19.2. The number of hydrogen-bond acceptors (Lipinski definition) is 6. The molecule has 0 bridgehead atoms. The van der Waals surface area contributed by atoms with E-state index in [-0.39, 0.29) is 12.0 Å². The van der Waals surface area contributed by atoms with Crippen LogP contribution in [0.2, 0.25) is 0 Å². The van der Waals surface area contributed by atoms with Crippen molar-refractivity contribution in [3.63, 3.8) is 0 Å². The number of carbonyl (C=O) groups is 1. The molecular weight excluding hydrogens is 440 g/mol. The second kappa shape index (κ2) is 8.46. The number of carbonyl (C=O) groups excluding carboxylic acids is 1. The standard InChI is InChI=1S/C20H19BrN4O2S/c1-13-9-23-17(10-22-13)19(26)25(11-16-3-2-8-27-16)20-24-18(12-28-20)14-4-6-15(21)7-5-14/h4-7,9-10,12,16H,2-3,8,11H2,1H3/t16-/m0/s1. The molecule has 28 heavy (non-hydrogen) atoms. The Morgan fingerprint density at radius 2 is 2.11 bits per heavy atom. The number of benzene rings is 1. The fourth-order valence-corrected chi connectivity index (χ4v) is 4.13. The number of ether oxygens (including phenoxy) is 1. The number of anilines is 1. The summed E-state index contributed by atoms with van der Waals surface area (Å²) in [6.07, 6.45) is 5.09. The third-order valence-electron chi connectivity index (χ3n) is 4.52. The van der Waals surface area contributed by atoms with Crippen LogP contribution < -0.4 is 4.90 Å². The van der Waals surface area contributed by atoms with Crippen molar-refractivity contribution in [1.29, 1.82) is 0 Å². The minimum absolute atomic E-state index is 0.0161. The molecule has 0 spiro atoms. The summed E-state index contributed by atoms with van der Waals surface area (Å²) in [7, 11) is 0. The van der Waals surface area contributed by atoms with Gasteiger partial charge in [-0.15, -0.1) is 11.3 Å². The molecule has 1 amide bonds. The SMILES string of the molecule is Cc1cnc(C(=O)N(C[C@@H]2CCCO2)c2nc(-c3ccc(Br)cc3)cs2)cn1. The number of thiazole rings is 1. The van der Waals surface area contributed by atoms with Gasteiger partial charge in [-0.1, -0.05) is 28.1 Å². The lowest BCUT2D eigenvalue weighted by atomic mass is 10.2. The molecule has 0 radical (unpaired) electrons. The highest BCUT2D eigenvalue weighted by Gasteiger charge is 2.27. The summed E-state index contributed by atoms with van der Waals surface area (Å²) in [5.74, 6) is -0.209. The van der Waals surface area contributed by atoms with E-state index in [0.29, 0.717) is 17.4 Å². The third-order valence-corrected chi connectivity index (χ3v) is 5.91. The number of rotatable bonds is 5. The monoisotopic (exact) mass is 458 g/mol. The van der Waals surface area contributed by atoms with Gasteiger partial charge in [0.25, 0.3) is 5.91 Å². The van der Waals surface area contributed by atoms with E-state index in [4.69, 9.17) is 9.72 Å². The lowest BCUT2D eigenvalue weighted by Gasteiger charge is -2.22. The van der Waals surface area contributed by atoms with Crippen LogP contribution in [0.1, 0.15) is 29.0 Å². The molecule has 0 N–H and O–H groups in total. The van der Waals surface area contributed by atoms with Crippen molar-refractivity contribution in [3.05, 3.63) is 57.9 Å². The zero-order chi connectivity index (χ0) is 19.5. The van der Waals surface area contributed by atoms with Crippen molar-refractivity contribution in [2.45, 2.75) is 25.9 Å². The van der Waals surface area contributed by atoms with E-state index >= 15 is 0 Å². The van der Waals surface area contributed by atoms with Crippen LogP contribution in [0.25, 0.3) is 11.3 Å². The molecule has 1 saturated heterocycles. The van der Waals surface area contributed by atoms with Crippen molar-refractivity contribution >= 4 is 38.3 Å². The molecule has 1 aliphatic heterocycles. The van der Waals surface area contributed by atoms with Gasteiger partial charge in [-0.25, -0.2) is 9.97 Å². The highest BCUT2D eigenvalue weighted by Crippen LogP contribution is 2.30. The van der Waals surface area contributed by atoms with E-state index < -0.39 is 0 Å². The Morgan fingerprint density at radius 1 is 1.29 bits per heavy atom. The quantitative estimate of drug-likeness (QED) is 0.562. The van der Waals surface area contributed by atoms with Crippen molar-refractivity contribution < 1.29 is 9.53 Å². The smallest absolute Gasteiger partial charge is 0.280 e. The molecule has 2 aromatic heterocycles. The first-order chi connectivity index (χ1) is 13.6. The topological polar surface area (TPSA) is 68.2 Å². The molecule has 0 aliphatic carbocycles. The van der Waals surface area contributed by atoms with Gasteiger partial charge in [0.1, 0.15) is 5.69 Å². The van der Waals surface area contributed by atoms with Gasteiger partial charge < -0.3 is 4.74 Å². The fourth-order valence-electron chi connectivity index (χ4n) is 3.02. The average molecular weight is 459 g/mol. The zero-order valence-electron chi connectivity index (χ0n) is 15.3. The summed E-state index contributed by atoms with van der Waals surface area (Å²) >= 11 is 4.89. The number of aromatic nitrogens is 3. The summed E-state index contributed by atoms with van der Waals surface area (Å²) in [4.78, 5) is 28.0. The molecule has 144 valence electrons. The number of aryl methyl sites for hydroxylation is 1. The van der Waals surface area contributed by atoms with E-state index in [1.165, 1.54) is 17.5 Å². The maximum Gasteiger partial charge on any atom is 0.280 e. The van der Waals surface area contributed by atoms with E-state index in [9.17, 15) is 4.79 Å². The Hall–Kier alpha value is -2.16. The Kier molecular flexibility index (Phi) is 5.79. The average Bonchev–Trinajstić information content (AvgIpc) is 3.39. The van der Waals surface area contributed by atoms with Crippen molar-refractivity contribution in [2.24, 2.45) is 0 Å². The molecule has 8 heteroatoms. The lowest BCUT2D eigenvalue weighted by molar-refractivity contribution is 0.0913. The number of nitrogens with zero attached hydrogens (tertiary/aromatic N) is 4. The molecule has 3 aromatic rings. The highest BCUT2D eigenvalue weighted by atomic mass is 79.9. The van der Waals surface area contributed by atoms with Gasteiger partial charge >= 0.3 is 0 Å². The fraction of sp³-hybridized carbons (Fsp3) is 0.300. The second-order valence-electron chi connectivity index (χ2n) is 6.62. The zero-order valence-corrected chi connectivity index (χ0v) is 17.7.